The van der Waals surface area contributed by atoms with E-state index in [0.717, 1.165) is 21.9 Å². The van der Waals surface area contributed by atoms with Crippen molar-refractivity contribution in [3.63, 3.8) is 0 Å². The molecule has 1 amide bonds. The van der Waals surface area contributed by atoms with Gasteiger partial charge in [0.15, 0.2) is 0 Å². The highest BCUT2D eigenvalue weighted by Gasteiger charge is 2.09. The number of rotatable bonds is 6. The van der Waals surface area contributed by atoms with Gasteiger partial charge in [0, 0.05) is 22.9 Å². The molecule has 0 aliphatic rings. The van der Waals surface area contributed by atoms with Gasteiger partial charge in [-0.15, -0.1) is 22.7 Å². The van der Waals surface area contributed by atoms with E-state index in [2.05, 4.69) is 33.4 Å². The van der Waals surface area contributed by atoms with Crippen LogP contribution in [0, 0.1) is 6.92 Å². The van der Waals surface area contributed by atoms with E-state index in [1.54, 1.807) is 11.3 Å². The van der Waals surface area contributed by atoms with Gasteiger partial charge in [0.1, 0.15) is 0 Å². The first kappa shape index (κ1) is 15.1. The third-order valence-electron chi connectivity index (χ3n) is 2.47. The first-order valence-corrected chi connectivity index (χ1v) is 9.45. The van der Waals surface area contributed by atoms with Crippen LogP contribution in [0.2, 0.25) is 0 Å². The van der Waals surface area contributed by atoms with Crippen molar-refractivity contribution in [3.8, 4) is 0 Å². The molecule has 0 saturated heterocycles. The van der Waals surface area contributed by atoms with Crippen molar-refractivity contribution >= 4 is 56.3 Å². The van der Waals surface area contributed by atoms with E-state index in [0.29, 0.717) is 6.54 Å². The molecule has 19 heavy (non-hydrogen) atoms. The van der Waals surface area contributed by atoms with E-state index in [1.807, 2.05) is 30.1 Å². The Morgan fingerprint density at radius 1 is 1.42 bits per heavy atom. The second-order valence-electron chi connectivity index (χ2n) is 3.95. The average Bonchev–Trinajstić information content (AvgIpc) is 2.97. The first-order chi connectivity index (χ1) is 9.16. The fourth-order valence-electron chi connectivity index (χ4n) is 1.52. The molecule has 0 aromatic carbocycles. The highest BCUT2D eigenvalue weighted by molar-refractivity contribution is 9.11. The SMILES string of the molecule is Cc1ccsc1C(=O)NCCSCc1ccc(Br)s1. The number of hydrogen-bond donors (Lipinski definition) is 1. The average molecular weight is 376 g/mol. The van der Waals surface area contributed by atoms with Crippen molar-refractivity contribution < 1.29 is 4.79 Å². The Kier molecular flexibility index (Phi) is 5.94. The van der Waals surface area contributed by atoms with Crippen LogP contribution in [0.15, 0.2) is 27.4 Å². The summed E-state index contributed by atoms with van der Waals surface area (Å²) in [5, 5.41) is 4.91. The number of halogens is 1. The number of nitrogens with one attached hydrogen (secondary N) is 1. The molecule has 0 aliphatic carbocycles. The smallest absolute Gasteiger partial charge is 0.261 e. The van der Waals surface area contributed by atoms with E-state index >= 15 is 0 Å². The molecule has 0 fully saturated rings. The van der Waals surface area contributed by atoms with Gasteiger partial charge in [0.2, 0.25) is 0 Å². The van der Waals surface area contributed by atoms with Crippen molar-refractivity contribution in [1.29, 1.82) is 0 Å². The Labute approximate surface area is 133 Å². The predicted octanol–water partition coefficient (Wildman–Crippen LogP) is 4.54. The molecule has 2 nitrogen and oxygen atoms in total. The number of carbonyl (C=O) groups is 1. The second kappa shape index (κ2) is 7.47. The van der Waals surface area contributed by atoms with Gasteiger partial charge in [-0.2, -0.15) is 11.8 Å². The summed E-state index contributed by atoms with van der Waals surface area (Å²) in [5.41, 5.74) is 1.05. The van der Waals surface area contributed by atoms with Gasteiger partial charge in [0.05, 0.1) is 8.66 Å². The second-order valence-corrected chi connectivity index (χ2v) is 8.52. The highest BCUT2D eigenvalue weighted by atomic mass is 79.9. The highest BCUT2D eigenvalue weighted by Crippen LogP contribution is 2.25. The minimum absolute atomic E-state index is 0.0481. The van der Waals surface area contributed by atoms with Crippen LogP contribution in [-0.4, -0.2) is 18.2 Å². The number of thioether (sulfide) groups is 1. The number of carbonyl (C=O) groups excluding carboxylic acids is 1. The molecule has 2 heterocycles. The van der Waals surface area contributed by atoms with E-state index in [1.165, 1.54) is 20.0 Å². The Morgan fingerprint density at radius 3 is 2.89 bits per heavy atom. The van der Waals surface area contributed by atoms with E-state index in [9.17, 15) is 4.79 Å². The van der Waals surface area contributed by atoms with Gasteiger partial charge in [-0.05, 0) is 52.0 Å². The molecule has 0 unspecified atom stereocenters. The molecule has 6 heteroatoms. The molecule has 2 rings (SSSR count). The van der Waals surface area contributed by atoms with Crippen molar-refractivity contribution in [2.24, 2.45) is 0 Å². The largest absolute Gasteiger partial charge is 0.351 e. The number of thiophene rings is 2. The van der Waals surface area contributed by atoms with E-state index < -0.39 is 0 Å². The van der Waals surface area contributed by atoms with Crippen LogP contribution < -0.4 is 5.32 Å². The number of hydrogen-bond acceptors (Lipinski definition) is 4. The normalized spacial score (nSPS) is 10.6. The van der Waals surface area contributed by atoms with E-state index in [-0.39, 0.29) is 5.91 Å². The monoisotopic (exact) mass is 375 g/mol. The molecular formula is C13H14BrNOS3. The lowest BCUT2D eigenvalue weighted by atomic mass is 10.3. The third kappa shape index (κ3) is 4.63. The van der Waals surface area contributed by atoms with Gasteiger partial charge in [-0.1, -0.05) is 0 Å². The summed E-state index contributed by atoms with van der Waals surface area (Å²) in [5.74, 6) is 1.99. The van der Waals surface area contributed by atoms with Gasteiger partial charge in [0.25, 0.3) is 5.91 Å². The lowest BCUT2D eigenvalue weighted by Gasteiger charge is -2.04. The Morgan fingerprint density at radius 2 is 2.26 bits per heavy atom. The van der Waals surface area contributed by atoms with Crippen molar-refractivity contribution in [2.45, 2.75) is 12.7 Å². The van der Waals surface area contributed by atoms with Gasteiger partial charge >= 0.3 is 0 Å². The van der Waals surface area contributed by atoms with Crippen molar-refractivity contribution in [3.05, 3.63) is 42.7 Å². The van der Waals surface area contributed by atoms with Gasteiger partial charge in [-0.25, -0.2) is 0 Å². The molecule has 2 aromatic rings. The zero-order chi connectivity index (χ0) is 13.7. The maximum Gasteiger partial charge on any atom is 0.261 e. The lowest BCUT2D eigenvalue weighted by Crippen LogP contribution is -2.25. The van der Waals surface area contributed by atoms with E-state index in [4.69, 9.17) is 0 Å². The zero-order valence-electron chi connectivity index (χ0n) is 10.4. The number of aryl methyl sites for hydroxylation is 1. The summed E-state index contributed by atoms with van der Waals surface area (Å²) in [6.07, 6.45) is 0. The molecule has 0 atom stereocenters. The summed E-state index contributed by atoms with van der Waals surface area (Å²) >= 11 is 8.56. The van der Waals surface area contributed by atoms with Crippen molar-refractivity contribution in [1.82, 2.24) is 5.32 Å². The van der Waals surface area contributed by atoms with Crippen LogP contribution in [0.4, 0.5) is 0 Å². The van der Waals surface area contributed by atoms with Crippen molar-refractivity contribution in [2.75, 3.05) is 12.3 Å². The topological polar surface area (TPSA) is 29.1 Å². The zero-order valence-corrected chi connectivity index (χ0v) is 14.5. The molecule has 0 aliphatic heterocycles. The summed E-state index contributed by atoms with van der Waals surface area (Å²) in [7, 11) is 0. The standard InChI is InChI=1S/C13H14BrNOS3/c1-9-4-6-18-12(9)13(16)15-5-7-17-8-10-2-3-11(14)19-10/h2-4,6H,5,7-8H2,1H3,(H,15,16). The number of amides is 1. The minimum Gasteiger partial charge on any atom is -0.351 e. The Balaban J connectivity index is 1.64. The summed E-state index contributed by atoms with van der Waals surface area (Å²) in [6, 6.07) is 6.18. The Bertz CT molecular complexity index is 550. The minimum atomic E-state index is 0.0481. The molecular weight excluding hydrogens is 362 g/mol. The predicted molar refractivity (Wildman–Crippen MR) is 89.6 cm³/mol. The van der Waals surface area contributed by atoms with Gasteiger partial charge < -0.3 is 5.32 Å². The fraction of sp³-hybridized carbons (Fsp3) is 0.308. The molecule has 102 valence electrons. The van der Waals surface area contributed by atoms with Crippen LogP contribution in [0.25, 0.3) is 0 Å². The molecule has 1 N–H and O–H groups in total. The summed E-state index contributed by atoms with van der Waals surface area (Å²) in [6.45, 7) is 2.68. The van der Waals surface area contributed by atoms with Crippen LogP contribution in [0.1, 0.15) is 20.1 Å². The van der Waals surface area contributed by atoms with Gasteiger partial charge in [-0.3, -0.25) is 4.79 Å². The van der Waals surface area contributed by atoms with Crippen LogP contribution >= 0.6 is 50.4 Å². The molecule has 0 saturated carbocycles. The van der Waals surface area contributed by atoms with Crippen LogP contribution in [0.5, 0.6) is 0 Å². The summed E-state index contributed by atoms with van der Waals surface area (Å²) < 4.78 is 1.17. The first-order valence-electron chi connectivity index (χ1n) is 5.81. The quantitative estimate of drug-likeness (QED) is 0.750. The molecule has 0 spiro atoms. The maximum atomic E-state index is 11.8. The lowest BCUT2D eigenvalue weighted by molar-refractivity contribution is 0.0959. The molecule has 2 aromatic heterocycles. The summed E-state index contributed by atoms with van der Waals surface area (Å²) in [4.78, 5) is 14.0. The maximum absolute atomic E-state index is 11.8. The Hall–Kier alpha value is -0.300. The molecule has 0 bridgehead atoms. The van der Waals surface area contributed by atoms with Crippen LogP contribution in [-0.2, 0) is 5.75 Å². The van der Waals surface area contributed by atoms with Crippen LogP contribution in [0.3, 0.4) is 0 Å². The fourth-order valence-corrected chi connectivity index (χ4v) is 4.82. The molecule has 0 radical (unpaired) electrons. The third-order valence-corrected chi connectivity index (χ3v) is 6.30.